The molecule has 0 spiro atoms. The van der Waals surface area contributed by atoms with E-state index in [9.17, 15) is 9.18 Å². The van der Waals surface area contributed by atoms with E-state index < -0.39 is 0 Å². The summed E-state index contributed by atoms with van der Waals surface area (Å²) in [6, 6.07) is 6.97. The highest BCUT2D eigenvalue weighted by atomic mass is 19.1. The molecule has 2 heterocycles. The van der Waals surface area contributed by atoms with Gasteiger partial charge in [0, 0.05) is 50.9 Å². The van der Waals surface area contributed by atoms with Crippen LogP contribution in [0, 0.1) is 5.82 Å². The first-order chi connectivity index (χ1) is 11.6. The van der Waals surface area contributed by atoms with Crippen molar-refractivity contribution in [3.63, 3.8) is 0 Å². The molecular formula is C18H26FN3O2. The second-order valence-corrected chi connectivity index (χ2v) is 6.50. The Balaban J connectivity index is 1.50. The molecule has 1 amide bonds. The van der Waals surface area contributed by atoms with E-state index in [1.54, 1.807) is 6.07 Å². The Morgan fingerprint density at radius 2 is 1.79 bits per heavy atom. The number of piperazine rings is 1. The Morgan fingerprint density at radius 1 is 1.12 bits per heavy atom. The number of nitrogens with zero attached hydrogens (tertiary/aromatic N) is 3. The molecule has 1 aromatic carbocycles. The van der Waals surface area contributed by atoms with Crippen LogP contribution in [0.2, 0.25) is 0 Å². The molecule has 2 aliphatic heterocycles. The van der Waals surface area contributed by atoms with E-state index in [2.05, 4.69) is 9.80 Å². The zero-order valence-corrected chi connectivity index (χ0v) is 14.3. The molecule has 2 saturated heterocycles. The number of rotatable bonds is 4. The number of ether oxygens (including phenoxy) is 1. The summed E-state index contributed by atoms with van der Waals surface area (Å²) in [5, 5.41) is 0. The molecule has 0 N–H and O–H groups in total. The Bertz CT molecular complexity index is 555. The molecule has 0 bridgehead atoms. The lowest BCUT2D eigenvalue weighted by Crippen LogP contribution is -2.52. The van der Waals surface area contributed by atoms with Crippen molar-refractivity contribution in [2.45, 2.75) is 13.0 Å². The number of hydrogen-bond acceptors (Lipinski definition) is 4. The van der Waals surface area contributed by atoms with E-state index >= 15 is 0 Å². The maximum atomic E-state index is 14.0. The van der Waals surface area contributed by atoms with Gasteiger partial charge < -0.3 is 9.64 Å². The summed E-state index contributed by atoms with van der Waals surface area (Å²) in [4.78, 5) is 18.8. The third kappa shape index (κ3) is 4.12. The maximum Gasteiger partial charge on any atom is 0.236 e. The van der Waals surface area contributed by atoms with Gasteiger partial charge in [-0.2, -0.15) is 0 Å². The second kappa shape index (κ2) is 8.05. The zero-order chi connectivity index (χ0) is 16.9. The van der Waals surface area contributed by atoms with E-state index in [0.29, 0.717) is 32.8 Å². The van der Waals surface area contributed by atoms with Crippen LogP contribution >= 0.6 is 0 Å². The molecule has 2 fully saturated rings. The molecule has 1 unspecified atom stereocenters. The van der Waals surface area contributed by atoms with Crippen LogP contribution in [-0.4, -0.2) is 79.6 Å². The van der Waals surface area contributed by atoms with Crippen LogP contribution in [0.1, 0.15) is 18.5 Å². The normalized spacial score (nSPS) is 21.7. The summed E-state index contributed by atoms with van der Waals surface area (Å²) in [6.45, 7) is 8.57. The second-order valence-electron chi connectivity index (χ2n) is 6.50. The minimum Gasteiger partial charge on any atom is -0.379 e. The molecule has 132 valence electrons. The predicted octanol–water partition coefficient (Wildman–Crippen LogP) is 1.36. The minimum atomic E-state index is -0.157. The summed E-state index contributed by atoms with van der Waals surface area (Å²) >= 11 is 0. The maximum absolute atomic E-state index is 14.0. The molecule has 24 heavy (non-hydrogen) atoms. The summed E-state index contributed by atoms with van der Waals surface area (Å²) in [5.74, 6) is 0.0333. The van der Waals surface area contributed by atoms with Gasteiger partial charge in [0.05, 0.1) is 19.8 Å². The zero-order valence-electron chi connectivity index (χ0n) is 14.3. The van der Waals surface area contributed by atoms with Crippen LogP contribution in [0.25, 0.3) is 0 Å². The molecule has 6 heteroatoms. The Labute approximate surface area is 143 Å². The standard InChI is InChI=1S/C18H26FN3O2/c1-15(16-4-2-3-5-17(16)19)21-6-8-22(9-7-21)18(23)14-20-10-12-24-13-11-20/h2-5,15H,6-14H2,1H3. The van der Waals surface area contributed by atoms with Gasteiger partial charge in [-0.25, -0.2) is 4.39 Å². The summed E-state index contributed by atoms with van der Waals surface area (Å²) in [6.07, 6.45) is 0. The van der Waals surface area contributed by atoms with Crippen molar-refractivity contribution in [3.8, 4) is 0 Å². The van der Waals surface area contributed by atoms with Crippen molar-refractivity contribution in [1.29, 1.82) is 0 Å². The molecule has 2 aliphatic rings. The molecule has 0 radical (unpaired) electrons. The number of benzene rings is 1. The van der Waals surface area contributed by atoms with Gasteiger partial charge >= 0.3 is 0 Å². The van der Waals surface area contributed by atoms with Crippen molar-refractivity contribution in [1.82, 2.24) is 14.7 Å². The van der Waals surface area contributed by atoms with Crippen LogP contribution < -0.4 is 0 Å². The van der Waals surface area contributed by atoms with Crippen LogP contribution in [-0.2, 0) is 9.53 Å². The minimum absolute atomic E-state index is 0.0303. The number of morpholine rings is 1. The first kappa shape index (κ1) is 17.3. The van der Waals surface area contributed by atoms with Crippen molar-refractivity contribution in [2.24, 2.45) is 0 Å². The van der Waals surface area contributed by atoms with Crippen molar-refractivity contribution in [2.75, 3.05) is 59.0 Å². The molecule has 5 nitrogen and oxygen atoms in total. The number of carbonyl (C=O) groups excluding carboxylic acids is 1. The number of carbonyl (C=O) groups is 1. The SMILES string of the molecule is CC(c1ccccc1F)N1CCN(C(=O)CN2CCOCC2)CC1. The first-order valence-corrected chi connectivity index (χ1v) is 8.71. The van der Waals surface area contributed by atoms with Gasteiger partial charge in [-0.1, -0.05) is 18.2 Å². The third-order valence-electron chi connectivity index (χ3n) is 5.03. The third-order valence-corrected chi connectivity index (χ3v) is 5.03. The Kier molecular flexibility index (Phi) is 5.81. The average molecular weight is 335 g/mol. The fourth-order valence-electron chi connectivity index (χ4n) is 3.42. The molecule has 0 saturated carbocycles. The molecular weight excluding hydrogens is 309 g/mol. The fraction of sp³-hybridized carbons (Fsp3) is 0.611. The predicted molar refractivity (Wildman–Crippen MR) is 90.2 cm³/mol. The lowest BCUT2D eigenvalue weighted by atomic mass is 10.1. The number of hydrogen-bond donors (Lipinski definition) is 0. The molecule has 0 aromatic heterocycles. The van der Waals surface area contributed by atoms with Crippen molar-refractivity contribution < 1.29 is 13.9 Å². The Morgan fingerprint density at radius 3 is 2.46 bits per heavy atom. The van der Waals surface area contributed by atoms with E-state index in [-0.39, 0.29) is 17.8 Å². The van der Waals surface area contributed by atoms with E-state index in [1.807, 2.05) is 24.0 Å². The van der Waals surface area contributed by atoms with Gasteiger partial charge in [0.15, 0.2) is 0 Å². The highest BCUT2D eigenvalue weighted by Crippen LogP contribution is 2.23. The highest BCUT2D eigenvalue weighted by Gasteiger charge is 2.26. The van der Waals surface area contributed by atoms with Crippen LogP contribution in [0.3, 0.4) is 0 Å². The molecule has 3 rings (SSSR count). The van der Waals surface area contributed by atoms with Gasteiger partial charge in [-0.05, 0) is 13.0 Å². The van der Waals surface area contributed by atoms with E-state index in [0.717, 1.165) is 31.7 Å². The van der Waals surface area contributed by atoms with Crippen molar-refractivity contribution >= 4 is 5.91 Å². The molecule has 0 aliphatic carbocycles. The highest BCUT2D eigenvalue weighted by molar-refractivity contribution is 5.78. The van der Waals surface area contributed by atoms with Gasteiger partial charge in [0.1, 0.15) is 5.82 Å². The van der Waals surface area contributed by atoms with Crippen LogP contribution in [0.15, 0.2) is 24.3 Å². The van der Waals surface area contributed by atoms with Gasteiger partial charge in [0.2, 0.25) is 5.91 Å². The number of halogens is 1. The quantitative estimate of drug-likeness (QED) is 0.833. The Hall–Kier alpha value is -1.50. The van der Waals surface area contributed by atoms with Crippen LogP contribution in [0.4, 0.5) is 4.39 Å². The number of amides is 1. The summed E-state index contributed by atoms with van der Waals surface area (Å²) in [5.41, 5.74) is 0.727. The molecule has 1 atom stereocenters. The topological polar surface area (TPSA) is 36.0 Å². The summed E-state index contributed by atoms with van der Waals surface area (Å²) < 4.78 is 19.3. The van der Waals surface area contributed by atoms with E-state index in [1.165, 1.54) is 6.07 Å². The van der Waals surface area contributed by atoms with E-state index in [4.69, 9.17) is 4.74 Å². The smallest absolute Gasteiger partial charge is 0.236 e. The van der Waals surface area contributed by atoms with Gasteiger partial charge in [-0.3, -0.25) is 14.6 Å². The first-order valence-electron chi connectivity index (χ1n) is 8.71. The monoisotopic (exact) mass is 335 g/mol. The lowest BCUT2D eigenvalue weighted by molar-refractivity contribution is -0.135. The van der Waals surface area contributed by atoms with Crippen LogP contribution in [0.5, 0.6) is 0 Å². The fourth-order valence-corrected chi connectivity index (χ4v) is 3.42. The van der Waals surface area contributed by atoms with Gasteiger partial charge in [-0.15, -0.1) is 0 Å². The summed E-state index contributed by atoms with van der Waals surface area (Å²) in [7, 11) is 0. The lowest BCUT2D eigenvalue weighted by Gasteiger charge is -2.39. The van der Waals surface area contributed by atoms with Crippen molar-refractivity contribution in [3.05, 3.63) is 35.6 Å². The molecule has 1 aromatic rings. The van der Waals surface area contributed by atoms with Gasteiger partial charge in [0.25, 0.3) is 0 Å². The average Bonchev–Trinajstić information content (AvgIpc) is 2.62. The largest absolute Gasteiger partial charge is 0.379 e.